The lowest BCUT2D eigenvalue weighted by Crippen LogP contribution is -2.49. The van der Waals surface area contributed by atoms with E-state index in [0.29, 0.717) is 11.8 Å². The number of benzene rings is 1. The fourth-order valence-corrected chi connectivity index (χ4v) is 4.26. The smallest absolute Gasteiger partial charge is 0.240 e. The van der Waals surface area contributed by atoms with Crippen molar-refractivity contribution in [1.82, 2.24) is 14.7 Å². The highest BCUT2D eigenvalue weighted by Crippen LogP contribution is 2.23. The molecule has 0 spiro atoms. The second-order valence-corrected chi connectivity index (χ2v) is 8.21. The Hall–Kier alpha value is -1.88. The van der Waals surface area contributed by atoms with Crippen LogP contribution in [0, 0.1) is 5.92 Å². The number of likely N-dealkylation sites (tertiary alicyclic amines) is 2. The van der Waals surface area contributed by atoms with E-state index in [4.69, 9.17) is 0 Å². The van der Waals surface area contributed by atoms with Gasteiger partial charge >= 0.3 is 0 Å². The summed E-state index contributed by atoms with van der Waals surface area (Å²) in [5, 5.41) is 0. The highest BCUT2D eigenvalue weighted by atomic mass is 16.2. The van der Waals surface area contributed by atoms with Crippen LogP contribution in [0.1, 0.15) is 37.7 Å². The summed E-state index contributed by atoms with van der Waals surface area (Å²) < 4.78 is 0. The van der Waals surface area contributed by atoms with Crippen LogP contribution < -0.4 is 0 Å². The van der Waals surface area contributed by atoms with Crippen molar-refractivity contribution < 1.29 is 9.59 Å². The Labute approximate surface area is 163 Å². The molecule has 2 aliphatic heterocycles. The van der Waals surface area contributed by atoms with Gasteiger partial charge in [0.15, 0.2) is 0 Å². The number of carbonyl (C=O) groups excluding carboxylic acids is 2. The Morgan fingerprint density at radius 1 is 1.15 bits per heavy atom. The molecule has 0 aliphatic carbocycles. The van der Waals surface area contributed by atoms with E-state index in [1.807, 2.05) is 47.0 Å². The van der Waals surface area contributed by atoms with Crippen LogP contribution in [0.25, 0.3) is 0 Å². The monoisotopic (exact) mass is 371 g/mol. The lowest BCUT2D eigenvalue weighted by atomic mass is 9.92. The third kappa shape index (κ3) is 5.32. The lowest BCUT2D eigenvalue weighted by Gasteiger charge is -2.36. The molecule has 2 aliphatic rings. The average molecular weight is 372 g/mol. The molecule has 0 aromatic heterocycles. The zero-order valence-corrected chi connectivity index (χ0v) is 16.8. The van der Waals surface area contributed by atoms with Crippen LogP contribution in [0.5, 0.6) is 0 Å². The van der Waals surface area contributed by atoms with Gasteiger partial charge in [-0.05, 0) is 57.7 Å². The number of nitrogens with zero attached hydrogens (tertiary/aromatic N) is 3. The number of piperidine rings is 1. The molecular formula is C22H33N3O2. The van der Waals surface area contributed by atoms with E-state index in [2.05, 4.69) is 12.1 Å². The average Bonchev–Trinajstić information content (AvgIpc) is 3.10. The van der Waals surface area contributed by atoms with Crippen LogP contribution in [-0.2, 0) is 16.0 Å². The predicted molar refractivity (Wildman–Crippen MR) is 107 cm³/mol. The highest BCUT2D eigenvalue weighted by molar-refractivity contribution is 5.82. The molecule has 1 aromatic rings. The first-order chi connectivity index (χ1) is 13.0. The van der Waals surface area contributed by atoms with E-state index in [9.17, 15) is 9.59 Å². The van der Waals surface area contributed by atoms with Gasteiger partial charge in [0.25, 0.3) is 0 Å². The van der Waals surface area contributed by atoms with Gasteiger partial charge in [-0.2, -0.15) is 0 Å². The van der Waals surface area contributed by atoms with E-state index in [0.717, 1.165) is 64.7 Å². The maximum Gasteiger partial charge on any atom is 0.240 e. The van der Waals surface area contributed by atoms with Crippen molar-refractivity contribution in [2.45, 2.75) is 44.6 Å². The maximum absolute atomic E-state index is 13.1. The minimum absolute atomic E-state index is 0.105. The standard InChI is InChI=1S/C22H33N3O2/c1-23(2)20(17-19-7-4-3-5-8-19)22(27)25-15-11-18(12-16-25)10-14-24-13-6-9-21(24)26/h3-5,7-8,18,20H,6,9-17H2,1-2H3/t20-/m0/s1. The lowest BCUT2D eigenvalue weighted by molar-refractivity contribution is -0.137. The second-order valence-electron chi connectivity index (χ2n) is 8.21. The fourth-order valence-electron chi connectivity index (χ4n) is 4.26. The minimum atomic E-state index is -0.105. The van der Waals surface area contributed by atoms with Crippen molar-refractivity contribution in [1.29, 1.82) is 0 Å². The van der Waals surface area contributed by atoms with Gasteiger partial charge in [-0.25, -0.2) is 0 Å². The Bertz CT molecular complexity index is 624. The molecule has 5 nitrogen and oxygen atoms in total. The zero-order chi connectivity index (χ0) is 19.2. The molecule has 148 valence electrons. The van der Waals surface area contributed by atoms with Gasteiger partial charge < -0.3 is 9.80 Å². The van der Waals surface area contributed by atoms with Crippen molar-refractivity contribution in [3.8, 4) is 0 Å². The largest absolute Gasteiger partial charge is 0.343 e. The summed E-state index contributed by atoms with van der Waals surface area (Å²) in [4.78, 5) is 30.9. The van der Waals surface area contributed by atoms with Gasteiger partial charge in [0.1, 0.15) is 0 Å². The van der Waals surface area contributed by atoms with Crippen molar-refractivity contribution in [3.05, 3.63) is 35.9 Å². The zero-order valence-electron chi connectivity index (χ0n) is 16.8. The van der Waals surface area contributed by atoms with Crippen molar-refractivity contribution in [3.63, 3.8) is 0 Å². The molecule has 0 unspecified atom stereocenters. The van der Waals surface area contributed by atoms with E-state index in [1.54, 1.807) is 0 Å². The summed E-state index contributed by atoms with van der Waals surface area (Å²) in [6.45, 7) is 3.51. The Kier molecular flexibility index (Phi) is 6.89. The number of hydrogen-bond donors (Lipinski definition) is 0. The van der Waals surface area contributed by atoms with Gasteiger partial charge in [0.2, 0.25) is 11.8 Å². The summed E-state index contributed by atoms with van der Waals surface area (Å²) in [5.74, 6) is 1.20. The second kappa shape index (κ2) is 9.36. The summed E-state index contributed by atoms with van der Waals surface area (Å²) >= 11 is 0. The molecule has 2 heterocycles. The van der Waals surface area contributed by atoms with Crippen LogP contribution >= 0.6 is 0 Å². The molecule has 1 atom stereocenters. The fraction of sp³-hybridized carbons (Fsp3) is 0.636. The summed E-state index contributed by atoms with van der Waals surface area (Å²) in [7, 11) is 3.98. The van der Waals surface area contributed by atoms with Crippen molar-refractivity contribution in [2.75, 3.05) is 40.3 Å². The van der Waals surface area contributed by atoms with Gasteiger partial charge in [-0.3, -0.25) is 14.5 Å². The molecule has 0 N–H and O–H groups in total. The molecule has 0 radical (unpaired) electrons. The van der Waals surface area contributed by atoms with Gasteiger partial charge in [-0.15, -0.1) is 0 Å². The van der Waals surface area contributed by atoms with E-state index in [1.165, 1.54) is 5.56 Å². The number of likely N-dealkylation sites (N-methyl/N-ethyl adjacent to an activating group) is 1. The predicted octanol–water partition coefficient (Wildman–Crippen LogP) is 2.41. The maximum atomic E-state index is 13.1. The quantitative estimate of drug-likeness (QED) is 0.739. The van der Waals surface area contributed by atoms with Gasteiger partial charge in [0.05, 0.1) is 6.04 Å². The summed E-state index contributed by atoms with van der Waals surface area (Å²) in [6.07, 6.45) is 5.68. The Balaban J connectivity index is 1.48. The first kappa shape index (κ1) is 19.9. The SMILES string of the molecule is CN(C)[C@@H](Cc1ccccc1)C(=O)N1CCC(CCN2CCCC2=O)CC1. The topological polar surface area (TPSA) is 43.9 Å². The van der Waals surface area contributed by atoms with Crippen molar-refractivity contribution >= 4 is 11.8 Å². The minimum Gasteiger partial charge on any atom is -0.343 e. The molecule has 2 saturated heterocycles. The Morgan fingerprint density at radius 2 is 1.85 bits per heavy atom. The molecule has 1 aromatic carbocycles. The third-order valence-corrected chi connectivity index (χ3v) is 6.09. The normalized spacial score (nSPS) is 19.7. The molecular weight excluding hydrogens is 338 g/mol. The molecule has 2 fully saturated rings. The Morgan fingerprint density at radius 3 is 2.44 bits per heavy atom. The van der Waals surface area contributed by atoms with Crippen LogP contribution in [0.4, 0.5) is 0 Å². The third-order valence-electron chi connectivity index (χ3n) is 6.09. The summed E-state index contributed by atoms with van der Waals surface area (Å²) in [6, 6.07) is 10.2. The van der Waals surface area contributed by atoms with Gasteiger partial charge in [-0.1, -0.05) is 30.3 Å². The molecule has 0 bridgehead atoms. The number of carbonyl (C=O) groups is 2. The van der Waals surface area contributed by atoms with E-state index < -0.39 is 0 Å². The van der Waals surface area contributed by atoms with E-state index >= 15 is 0 Å². The highest BCUT2D eigenvalue weighted by Gasteiger charge is 2.30. The van der Waals surface area contributed by atoms with E-state index in [-0.39, 0.29) is 11.9 Å². The van der Waals surface area contributed by atoms with Crippen LogP contribution in [-0.4, -0.2) is 72.8 Å². The molecule has 0 saturated carbocycles. The van der Waals surface area contributed by atoms with Crippen molar-refractivity contribution in [2.24, 2.45) is 5.92 Å². The first-order valence-electron chi connectivity index (χ1n) is 10.3. The first-order valence-corrected chi connectivity index (χ1v) is 10.3. The van der Waals surface area contributed by atoms with Crippen LogP contribution in [0.2, 0.25) is 0 Å². The number of amides is 2. The molecule has 5 heteroatoms. The molecule has 2 amide bonds. The molecule has 3 rings (SSSR count). The molecule has 27 heavy (non-hydrogen) atoms. The van der Waals surface area contributed by atoms with Crippen LogP contribution in [0.3, 0.4) is 0 Å². The van der Waals surface area contributed by atoms with Crippen LogP contribution in [0.15, 0.2) is 30.3 Å². The van der Waals surface area contributed by atoms with Gasteiger partial charge in [0, 0.05) is 32.6 Å². The number of rotatable bonds is 7. The number of hydrogen-bond acceptors (Lipinski definition) is 3. The summed E-state index contributed by atoms with van der Waals surface area (Å²) in [5.41, 5.74) is 1.20.